The van der Waals surface area contributed by atoms with E-state index < -0.39 is 0 Å². The monoisotopic (exact) mass is 278 g/mol. The lowest BCUT2D eigenvalue weighted by molar-refractivity contribution is 0.156. The number of carbonyl (C=O) groups excluding carboxylic acids is 1. The van der Waals surface area contributed by atoms with Gasteiger partial charge in [0.2, 0.25) is 0 Å². The van der Waals surface area contributed by atoms with Gasteiger partial charge in [-0.1, -0.05) is 18.9 Å². The molecule has 2 amide bonds. The summed E-state index contributed by atoms with van der Waals surface area (Å²) in [6.45, 7) is 0.129. The molecule has 5 heteroatoms. The van der Waals surface area contributed by atoms with Gasteiger partial charge in [-0.15, -0.1) is 0 Å². The molecule has 1 aliphatic carbocycles. The Bertz CT molecular complexity index is 450. The van der Waals surface area contributed by atoms with Gasteiger partial charge in [0.05, 0.1) is 7.11 Å². The molecule has 0 aliphatic heterocycles. The van der Waals surface area contributed by atoms with E-state index in [-0.39, 0.29) is 24.6 Å². The number of rotatable bonds is 4. The molecule has 2 unspecified atom stereocenters. The average Bonchev–Trinajstić information content (AvgIpc) is 2.48. The highest BCUT2D eigenvalue weighted by molar-refractivity contribution is 5.89. The van der Waals surface area contributed by atoms with E-state index >= 15 is 0 Å². The van der Waals surface area contributed by atoms with E-state index in [1.807, 2.05) is 18.2 Å². The standard InChI is InChI=1S/C15H22N2O3/c1-20-13-7-4-6-12(9-13)16-15(19)17-14-8-3-2-5-11(14)10-18/h4,6-7,9,11,14,18H,2-3,5,8,10H2,1H3,(H2,16,17,19). The Kier molecular flexibility index (Phi) is 5.24. The predicted octanol–water partition coefficient (Wildman–Crippen LogP) is 2.37. The van der Waals surface area contributed by atoms with Crippen LogP contribution in [-0.4, -0.2) is 30.9 Å². The lowest BCUT2D eigenvalue weighted by Gasteiger charge is -2.30. The van der Waals surface area contributed by atoms with Crippen molar-refractivity contribution in [2.45, 2.75) is 31.7 Å². The van der Waals surface area contributed by atoms with Crippen molar-refractivity contribution in [1.82, 2.24) is 5.32 Å². The first-order chi connectivity index (χ1) is 9.72. The minimum atomic E-state index is -0.233. The molecular weight excluding hydrogens is 256 g/mol. The van der Waals surface area contributed by atoms with Crippen LogP contribution in [0.15, 0.2) is 24.3 Å². The summed E-state index contributed by atoms with van der Waals surface area (Å²) in [5, 5.41) is 15.1. The van der Waals surface area contributed by atoms with Gasteiger partial charge < -0.3 is 20.5 Å². The molecule has 1 aromatic carbocycles. The molecule has 0 saturated heterocycles. The number of urea groups is 1. The predicted molar refractivity (Wildman–Crippen MR) is 78.0 cm³/mol. The van der Waals surface area contributed by atoms with Crippen molar-refractivity contribution in [2.75, 3.05) is 19.0 Å². The van der Waals surface area contributed by atoms with Gasteiger partial charge in [0.1, 0.15) is 5.75 Å². The molecule has 110 valence electrons. The minimum Gasteiger partial charge on any atom is -0.497 e. The molecule has 0 aromatic heterocycles. The zero-order valence-corrected chi connectivity index (χ0v) is 11.8. The number of methoxy groups -OCH3 is 1. The van der Waals surface area contributed by atoms with Crippen molar-refractivity contribution >= 4 is 11.7 Å². The molecule has 2 atom stereocenters. The lowest BCUT2D eigenvalue weighted by atomic mass is 9.85. The maximum Gasteiger partial charge on any atom is 0.319 e. The Morgan fingerprint density at radius 1 is 1.40 bits per heavy atom. The zero-order chi connectivity index (χ0) is 14.4. The number of hydrogen-bond donors (Lipinski definition) is 3. The second-order valence-electron chi connectivity index (χ2n) is 5.16. The van der Waals surface area contributed by atoms with Crippen LogP contribution in [0.3, 0.4) is 0 Å². The van der Waals surface area contributed by atoms with E-state index in [0.717, 1.165) is 25.7 Å². The Hall–Kier alpha value is -1.75. The first-order valence-electron chi connectivity index (χ1n) is 7.05. The Morgan fingerprint density at radius 3 is 2.95 bits per heavy atom. The molecule has 2 rings (SSSR count). The van der Waals surface area contributed by atoms with Crippen molar-refractivity contribution in [3.8, 4) is 5.75 Å². The minimum absolute atomic E-state index is 0.0550. The van der Waals surface area contributed by atoms with Crippen molar-refractivity contribution in [3.63, 3.8) is 0 Å². The van der Waals surface area contributed by atoms with Crippen molar-refractivity contribution in [1.29, 1.82) is 0 Å². The van der Waals surface area contributed by atoms with E-state index in [4.69, 9.17) is 4.74 Å². The van der Waals surface area contributed by atoms with Crippen LogP contribution in [0.5, 0.6) is 5.75 Å². The SMILES string of the molecule is COc1cccc(NC(=O)NC2CCCCC2CO)c1. The summed E-state index contributed by atoms with van der Waals surface area (Å²) in [6, 6.07) is 7.05. The fourth-order valence-electron chi connectivity index (χ4n) is 2.65. The summed E-state index contributed by atoms with van der Waals surface area (Å²) < 4.78 is 5.12. The third kappa shape index (κ3) is 3.87. The maximum atomic E-state index is 12.0. The number of aliphatic hydroxyl groups is 1. The van der Waals surface area contributed by atoms with Crippen LogP contribution in [-0.2, 0) is 0 Å². The van der Waals surface area contributed by atoms with Crippen LogP contribution < -0.4 is 15.4 Å². The Morgan fingerprint density at radius 2 is 2.20 bits per heavy atom. The van der Waals surface area contributed by atoms with Crippen LogP contribution in [0, 0.1) is 5.92 Å². The lowest BCUT2D eigenvalue weighted by Crippen LogP contribution is -2.45. The van der Waals surface area contributed by atoms with Crippen LogP contribution >= 0.6 is 0 Å². The molecule has 5 nitrogen and oxygen atoms in total. The molecule has 1 saturated carbocycles. The summed E-state index contributed by atoms with van der Waals surface area (Å²) in [4.78, 5) is 12.0. The first kappa shape index (κ1) is 14.7. The summed E-state index contributed by atoms with van der Waals surface area (Å²) in [7, 11) is 1.59. The summed E-state index contributed by atoms with van der Waals surface area (Å²) in [5.41, 5.74) is 0.693. The fourth-order valence-corrected chi connectivity index (χ4v) is 2.65. The van der Waals surface area contributed by atoms with E-state index in [1.54, 1.807) is 13.2 Å². The molecule has 3 N–H and O–H groups in total. The molecule has 1 fully saturated rings. The smallest absolute Gasteiger partial charge is 0.319 e. The number of aliphatic hydroxyl groups excluding tert-OH is 1. The zero-order valence-electron chi connectivity index (χ0n) is 11.8. The van der Waals surface area contributed by atoms with E-state index in [9.17, 15) is 9.90 Å². The van der Waals surface area contributed by atoms with E-state index in [2.05, 4.69) is 10.6 Å². The molecular formula is C15H22N2O3. The topological polar surface area (TPSA) is 70.6 Å². The third-order valence-corrected chi connectivity index (χ3v) is 3.79. The van der Waals surface area contributed by atoms with Gasteiger partial charge in [0, 0.05) is 30.3 Å². The Labute approximate surface area is 119 Å². The molecule has 0 heterocycles. The molecule has 1 aliphatic rings. The van der Waals surface area contributed by atoms with Crippen LogP contribution in [0.2, 0.25) is 0 Å². The number of benzene rings is 1. The number of nitrogens with one attached hydrogen (secondary N) is 2. The first-order valence-corrected chi connectivity index (χ1v) is 7.05. The van der Waals surface area contributed by atoms with E-state index in [1.165, 1.54) is 0 Å². The van der Waals surface area contributed by atoms with Crippen LogP contribution in [0.1, 0.15) is 25.7 Å². The van der Waals surface area contributed by atoms with Gasteiger partial charge in [-0.2, -0.15) is 0 Å². The van der Waals surface area contributed by atoms with Crippen molar-refractivity contribution in [3.05, 3.63) is 24.3 Å². The van der Waals surface area contributed by atoms with Crippen LogP contribution in [0.25, 0.3) is 0 Å². The summed E-state index contributed by atoms with van der Waals surface area (Å²) in [6.07, 6.45) is 4.12. The summed E-state index contributed by atoms with van der Waals surface area (Å²) >= 11 is 0. The molecule has 0 bridgehead atoms. The van der Waals surface area contributed by atoms with Gasteiger partial charge in [0.15, 0.2) is 0 Å². The average molecular weight is 278 g/mol. The van der Waals surface area contributed by atoms with Gasteiger partial charge in [0.25, 0.3) is 0 Å². The van der Waals surface area contributed by atoms with Crippen molar-refractivity contribution in [2.24, 2.45) is 5.92 Å². The molecule has 0 spiro atoms. The van der Waals surface area contributed by atoms with Gasteiger partial charge in [-0.25, -0.2) is 4.79 Å². The van der Waals surface area contributed by atoms with Gasteiger partial charge in [-0.05, 0) is 25.0 Å². The fraction of sp³-hybridized carbons (Fsp3) is 0.533. The van der Waals surface area contributed by atoms with Gasteiger partial charge in [-0.3, -0.25) is 0 Å². The highest BCUT2D eigenvalue weighted by Gasteiger charge is 2.25. The number of anilines is 1. The third-order valence-electron chi connectivity index (χ3n) is 3.79. The second-order valence-corrected chi connectivity index (χ2v) is 5.16. The van der Waals surface area contributed by atoms with E-state index in [0.29, 0.717) is 11.4 Å². The number of amides is 2. The highest BCUT2D eigenvalue weighted by atomic mass is 16.5. The number of carbonyl (C=O) groups is 1. The molecule has 20 heavy (non-hydrogen) atoms. The summed E-state index contributed by atoms with van der Waals surface area (Å²) in [5.74, 6) is 0.869. The number of hydrogen-bond acceptors (Lipinski definition) is 3. The molecule has 0 radical (unpaired) electrons. The normalized spacial score (nSPS) is 22.1. The molecule has 1 aromatic rings. The maximum absolute atomic E-state index is 12.0. The quantitative estimate of drug-likeness (QED) is 0.792. The highest BCUT2D eigenvalue weighted by Crippen LogP contribution is 2.24. The van der Waals surface area contributed by atoms with Crippen LogP contribution in [0.4, 0.5) is 10.5 Å². The number of ether oxygens (including phenoxy) is 1. The Balaban J connectivity index is 1.90. The van der Waals surface area contributed by atoms with Crippen molar-refractivity contribution < 1.29 is 14.6 Å². The van der Waals surface area contributed by atoms with Gasteiger partial charge >= 0.3 is 6.03 Å². The second kappa shape index (κ2) is 7.14. The largest absolute Gasteiger partial charge is 0.497 e.